The van der Waals surface area contributed by atoms with Crippen molar-refractivity contribution in [2.75, 3.05) is 20.8 Å². The van der Waals surface area contributed by atoms with E-state index in [1.807, 2.05) is 26.0 Å². The Morgan fingerprint density at radius 1 is 1.21 bits per heavy atom. The fraction of sp³-hybridized carbons (Fsp3) is 0.455. The van der Waals surface area contributed by atoms with E-state index >= 15 is 0 Å². The summed E-state index contributed by atoms with van der Waals surface area (Å²) < 4.78 is 16.3. The highest BCUT2D eigenvalue weighted by molar-refractivity contribution is 6.04. The second kappa shape index (κ2) is 8.50. The number of hydrogen-bond donors (Lipinski definition) is 1. The molecule has 1 aliphatic carbocycles. The van der Waals surface area contributed by atoms with Crippen molar-refractivity contribution >= 4 is 11.8 Å². The molecule has 150 valence electrons. The molecule has 0 fully saturated rings. The van der Waals surface area contributed by atoms with E-state index < -0.39 is 11.9 Å². The largest absolute Gasteiger partial charge is 0.497 e. The number of carbonyl (C=O) groups excluding carboxylic acids is 2. The van der Waals surface area contributed by atoms with Gasteiger partial charge in [-0.3, -0.25) is 4.79 Å². The van der Waals surface area contributed by atoms with Crippen LogP contribution in [0.15, 0.2) is 40.7 Å². The second-order valence-electron chi connectivity index (χ2n) is 7.01. The summed E-state index contributed by atoms with van der Waals surface area (Å²) in [7, 11) is 3.16. The van der Waals surface area contributed by atoms with Gasteiger partial charge in [0.15, 0.2) is 5.78 Å². The van der Waals surface area contributed by atoms with Crippen molar-refractivity contribution in [3.63, 3.8) is 0 Å². The van der Waals surface area contributed by atoms with Gasteiger partial charge in [-0.2, -0.15) is 0 Å². The van der Waals surface area contributed by atoms with E-state index in [4.69, 9.17) is 14.2 Å². The molecule has 1 aromatic rings. The Hall–Kier alpha value is -2.76. The number of dihydropyridines is 1. The number of esters is 1. The predicted molar refractivity (Wildman–Crippen MR) is 105 cm³/mol. The molecule has 1 unspecified atom stereocenters. The molecule has 28 heavy (non-hydrogen) atoms. The van der Waals surface area contributed by atoms with Crippen molar-refractivity contribution in [3.05, 3.63) is 46.3 Å². The number of ether oxygens (including phenoxy) is 3. The Bertz CT molecular complexity index is 852. The van der Waals surface area contributed by atoms with Gasteiger partial charge in [0.05, 0.1) is 32.3 Å². The monoisotopic (exact) mass is 385 g/mol. The molecule has 1 atom stereocenters. The fourth-order valence-corrected chi connectivity index (χ4v) is 3.89. The van der Waals surface area contributed by atoms with E-state index in [1.54, 1.807) is 20.3 Å². The zero-order chi connectivity index (χ0) is 20.3. The topological polar surface area (TPSA) is 73.9 Å². The first-order valence-electron chi connectivity index (χ1n) is 9.64. The van der Waals surface area contributed by atoms with E-state index in [1.165, 1.54) is 0 Å². The zero-order valence-electron chi connectivity index (χ0n) is 16.9. The molecular weight excluding hydrogens is 358 g/mol. The molecule has 2 aliphatic rings. The van der Waals surface area contributed by atoms with Gasteiger partial charge in [-0.05, 0) is 32.3 Å². The summed E-state index contributed by atoms with van der Waals surface area (Å²) in [6.45, 7) is 4.14. The number of benzene rings is 1. The predicted octanol–water partition coefficient (Wildman–Crippen LogP) is 3.62. The molecule has 0 amide bonds. The molecule has 0 radical (unpaired) electrons. The third kappa shape index (κ3) is 3.63. The van der Waals surface area contributed by atoms with Gasteiger partial charge >= 0.3 is 5.97 Å². The Labute approximate surface area is 165 Å². The molecule has 0 spiro atoms. The molecule has 0 saturated carbocycles. The summed E-state index contributed by atoms with van der Waals surface area (Å²) in [6.07, 6.45) is 2.80. The molecular formula is C22H27NO5. The lowest BCUT2D eigenvalue weighted by Gasteiger charge is -2.34. The lowest BCUT2D eigenvalue weighted by atomic mass is 9.75. The van der Waals surface area contributed by atoms with E-state index in [9.17, 15) is 9.59 Å². The summed E-state index contributed by atoms with van der Waals surface area (Å²) in [6, 6.07) is 5.45. The van der Waals surface area contributed by atoms with Gasteiger partial charge in [0.25, 0.3) is 0 Å². The lowest BCUT2D eigenvalue weighted by Crippen LogP contribution is -2.34. The van der Waals surface area contributed by atoms with Crippen LogP contribution in [0.3, 0.4) is 0 Å². The number of methoxy groups -OCH3 is 2. The molecule has 1 N–H and O–H groups in total. The minimum Gasteiger partial charge on any atom is -0.497 e. The van der Waals surface area contributed by atoms with Crippen LogP contribution in [0.25, 0.3) is 0 Å². The van der Waals surface area contributed by atoms with Gasteiger partial charge in [0.2, 0.25) is 0 Å². The Kier molecular flexibility index (Phi) is 6.07. The Balaban J connectivity index is 2.17. The highest BCUT2D eigenvalue weighted by Gasteiger charge is 2.40. The van der Waals surface area contributed by atoms with Gasteiger partial charge in [-0.25, -0.2) is 4.79 Å². The van der Waals surface area contributed by atoms with Gasteiger partial charge in [-0.15, -0.1) is 0 Å². The van der Waals surface area contributed by atoms with Crippen molar-refractivity contribution in [3.8, 4) is 11.5 Å². The van der Waals surface area contributed by atoms with Gasteiger partial charge in [-0.1, -0.05) is 13.0 Å². The first-order chi connectivity index (χ1) is 13.5. The highest BCUT2D eigenvalue weighted by Crippen LogP contribution is 2.45. The zero-order valence-corrected chi connectivity index (χ0v) is 16.9. The average molecular weight is 385 g/mol. The summed E-state index contributed by atoms with van der Waals surface area (Å²) >= 11 is 0. The number of allylic oxidation sites excluding steroid dienone is 3. The van der Waals surface area contributed by atoms with E-state index in [-0.39, 0.29) is 5.78 Å². The van der Waals surface area contributed by atoms with Crippen LogP contribution in [0.4, 0.5) is 0 Å². The second-order valence-corrected chi connectivity index (χ2v) is 7.01. The van der Waals surface area contributed by atoms with Crippen LogP contribution >= 0.6 is 0 Å². The summed E-state index contributed by atoms with van der Waals surface area (Å²) in [4.78, 5) is 25.8. The molecule has 1 heterocycles. The van der Waals surface area contributed by atoms with Crippen LogP contribution in [-0.4, -0.2) is 32.6 Å². The van der Waals surface area contributed by atoms with Gasteiger partial charge in [0.1, 0.15) is 11.5 Å². The van der Waals surface area contributed by atoms with Crippen molar-refractivity contribution in [2.45, 2.75) is 45.4 Å². The highest BCUT2D eigenvalue weighted by atomic mass is 16.5. The van der Waals surface area contributed by atoms with E-state index in [0.29, 0.717) is 35.7 Å². The maximum absolute atomic E-state index is 12.9. The minimum atomic E-state index is -0.519. The molecule has 6 nitrogen and oxygen atoms in total. The average Bonchev–Trinajstić information content (AvgIpc) is 2.70. The van der Waals surface area contributed by atoms with Crippen LogP contribution in [0, 0.1) is 0 Å². The van der Waals surface area contributed by atoms with Crippen molar-refractivity contribution < 1.29 is 23.8 Å². The normalized spacial score (nSPS) is 19.1. The van der Waals surface area contributed by atoms with Crippen LogP contribution in [0.2, 0.25) is 0 Å². The van der Waals surface area contributed by atoms with E-state index in [2.05, 4.69) is 5.32 Å². The first kappa shape index (κ1) is 20.0. The number of Topliss-reactive ketones (excluding diaryl/α,β-unsaturated/α-hetero) is 1. The molecule has 3 rings (SSSR count). The number of carbonyl (C=O) groups is 2. The summed E-state index contributed by atoms with van der Waals surface area (Å²) in [5.74, 6) is 0.360. The molecule has 1 aromatic carbocycles. The maximum atomic E-state index is 12.9. The lowest BCUT2D eigenvalue weighted by molar-refractivity contribution is -0.139. The Morgan fingerprint density at radius 3 is 2.68 bits per heavy atom. The van der Waals surface area contributed by atoms with Crippen LogP contribution in [0.1, 0.15) is 51.0 Å². The van der Waals surface area contributed by atoms with Crippen LogP contribution < -0.4 is 14.8 Å². The van der Waals surface area contributed by atoms with E-state index in [0.717, 1.165) is 36.2 Å². The van der Waals surface area contributed by atoms with Gasteiger partial charge < -0.3 is 19.5 Å². The molecule has 6 heteroatoms. The van der Waals surface area contributed by atoms with Crippen LogP contribution in [0.5, 0.6) is 11.5 Å². The Morgan fingerprint density at radius 2 is 2.00 bits per heavy atom. The standard InChI is InChI=1S/C22H27NO5/c1-5-11-28-22(25)19-13(2)23-16-7-6-8-17(24)21(16)20(19)15-10-9-14(26-3)12-18(15)27-4/h9-10,12,20,23H,5-8,11H2,1-4H3. The van der Waals surface area contributed by atoms with Crippen molar-refractivity contribution in [2.24, 2.45) is 0 Å². The SMILES string of the molecule is CCCOC(=O)C1=C(C)NC2=C(C(=O)CCC2)C1c1ccc(OC)cc1OC. The first-order valence-corrected chi connectivity index (χ1v) is 9.64. The molecule has 0 saturated heterocycles. The number of nitrogens with one attached hydrogen (secondary N) is 1. The smallest absolute Gasteiger partial charge is 0.336 e. The number of ketones is 1. The third-order valence-corrected chi connectivity index (χ3v) is 5.18. The van der Waals surface area contributed by atoms with Crippen LogP contribution in [-0.2, 0) is 14.3 Å². The summed E-state index contributed by atoms with van der Waals surface area (Å²) in [5, 5.41) is 3.29. The number of hydrogen-bond acceptors (Lipinski definition) is 6. The molecule has 0 bridgehead atoms. The quantitative estimate of drug-likeness (QED) is 0.754. The molecule has 1 aliphatic heterocycles. The van der Waals surface area contributed by atoms with Gasteiger partial charge in [0, 0.05) is 35.0 Å². The van der Waals surface area contributed by atoms with Crippen molar-refractivity contribution in [1.29, 1.82) is 0 Å². The van der Waals surface area contributed by atoms with Crippen molar-refractivity contribution in [1.82, 2.24) is 5.32 Å². The summed E-state index contributed by atoms with van der Waals surface area (Å²) in [5.41, 5.74) is 3.48. The molecule has 0 aromatic heterocycles. The third-order valence-electron chi connectivity index (χ3n) is 5.18. The minimum absolute atomic E-state index is 0.0601. The maximum Gasteiger partial charge on any atom is 0.336 e. The fourth-order valence-electron chi connectivity index (χ4n) is 3.89. The number of rotatable bonds is 6.